The molecule has 0 aliphatic carbocycles. The molecular formula is C14H20O3. The van der Waals surface area contributed by atoms with E-state index in [1.807, 2.05) is 25.1 Å². The maximum absolute atomic E-state index is 10.2. The Hall–Kier alpha value is -1.06. The minimum absolute atomic E-state index is 0.0279. The Balaban J connectivity index is 2.18. The second-order valence-electron chi connectivity index (χ2n) is 4.88. The second kappa shape index (κ2) is 5.07. The van der Waals surface area contributed by atoms with Gasteiger partial charge in [0.05, 0.1) is 12.7 Å². The van der Waals surface area contributed by atoms with Crippen molar-refractivity contribution < 1.29 is 14.6 Å². The summed E-state index contributed by atoms with van der Waals surface area (Å²) in [6.07, 6.45) is 0.240. The van der Waals surface area contributed by atoms with Crippen LogP contribution < -0.4 is 4.74 Å². The van der Waals surface area contributed by atoms with Gasteiger partial charge in [0.1, 0.15) is 11.9 Å². The van der Waals surface area contributed by atoms with E-state index in [4.69, 9.17) is 9.47 Å². The molecule has 1 aromatic rings. The summed E-state index contributed by atoms with van der Waals surface area (Å²) in [6.45, 7) is 4.76. The van der Waals surface area contributed by atoms with Crippen LogP contribution in [0, 0.1) is 12.8 Å². The zero-order valence-corrected chi connectivity index (χ0v) is 10.6. The molecule has 0 spiro atoms. The molecular weight excluding hydrogens is 216 g/mol. The van der Waals surface area contributed by atoms with Gasteiger partial charge in [0.15, 0.2) is 0 Å². The number of rotatable bonds is 3. The van der Waals surface area contributed by atoms with E-state index in [2.05, 4.69) is 6.92 Å². The fraction of sp³-hybridized carbons (Fsp3) is 0.571. The predicted molar refractivity (Wildman–Crippen MR) is 66.2 cm³/mol. The molecule has 0 radical (unpaired) electrons. The molecule has 94 valence electrons. The Labute approximate surface area is 102 Å². The van der Waals surface area contributed by atoms with Crippen molar-refractivity contribution in [2.45, 2.75) is 32.5 Å². The van der Waals surface area contributed by atoms with Crippen molar-refractivity contribution in [1.82, 2.24) is 0 Å². The normalized spacial score (nSPS) is 24.9. The molecule has 1 aliphatic heterocycles. The average Bonchev–Trinajstić information content (AvgIpc) is 2.30. The standard InChI is InChI=1S/C14H20O3/c1-9-4-5-13-11(6-9)12(15)7-14(17-13)10(2)8-16-3/h4-6,10,12,14-15H,7-8H2,1-3H3/t10?,12-,14?/m1/s1. The molecule has 0 bridgehead atoms. The number of fused-ring (bicyclic) bond motifs is 1. The molecule has 0 amide bonds. The maximum atomic E-state index is 10.2. The van der Waals surface area contributed by atoms with E-state index in [9.17, 15) is 5.11 Å². The van der Waals surface area contributed by atoms with Gasteiger partial charge in [0.2, 0.25) is 0 Å². The molecule has 17 heavy (non-hydrogen) atoms. The molecule has 0 aromatic heterocycles. The zero-order chi connectivity index (χ0) is 12.4. The van der Waals surface area contributed by atoms with Gasteiger partial charge in [-0.3, -0.25) is 0 Å². The van der Waals surface area contributed by atoms with Gasteiger partial charge in [0.25, 0.3) is 0 Å². The van der Waals surface area contributed by atoms with Crippen molar-refractivity contribution in [1.29, 1.82) is 0 Å². The quantitative estimate of drug-likeness (QED) is 0.876. The van der Waals surface area contributed by atoms with Gasteiger partial charge in [-0.15, -0.1) is 0 Å². The molecule has 0 saturated heterocycles. The highest BCUT2D eigenvalue weighted by molar-refractivity contribution is 5.40. The first kappa shape index (κ1) is 12.4. The molecule has 1 heterocycles. The van der Waals surface area contributed by atoms with Crippen molar-refractivity contribution in [3.63, 3.8) is 0 Å². The lowest BCUT2D eigenvalue weighted by atomic mass is 9.92. The van der Waals surface area contributed by atoms with E-state index >= 15 is 0 Å². The van der Waals surface area contributed by atoms with Gasteiger partial charge in [-0.05, 0) is 19.1 Å². The molecule has 2 rings (SSSR count). The highest BCUT2D eigenvalue weighted by atomic mass is 16.5. The minimum Gasteiger partial charge on any atom is -0.490 e. The third kappa shape index (κ3) is 2.61. The van der Waals surface area contributed by atoms with Crippen LogP contribution in [0.1, 0.15) is 30.6 Å². The molecule has 3 nitrogen and oxygen atoms in total. The summed E-state index contributed by atoms with van der Waals surface area (Å²) in [5.74, 6) is 1.09. The molecule has 0 saturated carbocycles. The monoisotopic (exact) mass is 236 g/mol. The Morgan fingerprint density at radius 1 is 1.53 bits per heavy atom. The number of aryl methyl sites for hydroxylation is 1. The summed E-state index contributed by atoms with van der Waals surface area (Å²) in [6, 6.07) is 5.95. The van der Waals surface area contributed by atoms with Crippen LogP contribution in [0.3, 0.4) is 0 Å². The molecule has 3 atom stereocenters. The van der Waals surface area contributed by atoms with Crippen LogP contribution in [0.5, 0.6) is 5.75 Å². The van der Waals surface area contributed by atoms with Gasteiger partial charge in [-0.2, -0.15) is 0 Å². The van der Waals surface area contributed by atoms with Gasteiger partial charge >= 0.3 is 0 Å². The summed E-state index contributed by atoms with van der Waals surface area (Å²) < 4.78 is 11.1. The summed E-state index contributed by atoms with van der Waals surface area (Å²) >= 11 is 0. The Morgan fingerprint density at radius 2 is 2.29 bits per heavy atom. The highest BCUT2D eigenvalue weighted by Gasteiger charge is 2.30. The fourth-order valence-corrected chi connectivity index (χ4v) is 2.31. The highest BCUT2D eigenvalue weighted by Crippen LogP contribution is 2.37. The summed E-state index contributed by atoms with van der Waals surface area (Å²) in [4.78, 5) is 0. The van der Waals surface area contributed by atoms with E-state index < -0.39 is 6.10 Å². The fourth-order valence-electron chi connectivity index (χ4n) is 2.31. The van der Waals surface area contributed by atoms with Crippen LogP contribution in [0.2, 0.25) is 0 Å². The number of benzene rings is 1. The predicted octanol–water partition coefficient (Wildman–Crippen LogP) is 2.46. The zero-order valence-electron chi connectivity index (χ0n) is 10.6. The molecule has 3 heteroatoms. The number of aliphatic hydroxyl groups excluding tert-OH is 1. The molecule has 1 N–H and O–H groups in total. The lowest BCUT2D eigenvalue weighted by Gasteiger charge is -2.33. The van der Waals surface area contributed by atoms with Gasteiger partial charge in [-0.25, -0.2) is 0 Å². The lowest BCUT2D eigenvalue weighted by Crippen LogP contribution is -2.33. The maximum Gasteiger partial charge on any atom is 0.125 e. The van der Waals surface area contributed by atoms with Crippen LogP contribution in [0.4, 0.5) is 0 Å². The Morgan fingerprint density at radius 3 is 3.00 bits per heavy atom. The molecule has 1 aliphatic rings. The summed E-state index contributed by atoms with van der Waals surface area (Å²) in [5.41, 5.74) is 2.06. The topological polar surface area (TPSA) is 38.7 Å². The lowest BCUT2D eigenvalue weighted by molar-refractivity contribution is 0.0136. The minimum atomic E-state index is -0.428. The average molecular weight is 236 g/mol. The van der Waals surface area contributed by atoms with Crippen LogP contribution in [-0.2, 0) is 4.74 Å². The number of ether oxygens (including phenoxy) is 2. The third-order valence-electron chi connectivity index (χ3n) is 3.32. The second-order valence-corrected chi connectivity index (χ2v) is 4.88. The Kier molecular flexibility index (Phi) is 3.69. The van der Waals surface area contributed by atoms with E-state index in [0.29, 0.717) is 13.0 Å². The first-order chi connectivity index (χ1) is 8.11. The van der Waals surface area contributed by atoms with Crippen molar-refractivity contribution in [3.05, 3.63) is 29.3 Å². The molecule has 2 unspecified atom stereocenters. The van der Waals surface area contributed by atoms with Gasteiger partial charge in [0, 0.05) is 25.0 Å². The van der Waals surface area contributed by atoms with Gasteiger partial charge < -0.3 is 14.6 Å². The molecule has 0 fully saturated rings. The van der Waals surface area contributed by atoms with Crippen molar-refractivity contribution in [3.8, 4) is 5.75 Å². The summed E-state index contributed by atoms with van der Waals surface area (Å²) in [7, 11) is 1.69. The van der Waals surface area contributed by atoms with Crippen LogP contribution in [0.15, 0.2) is 18.2 Å². The third-order valence-corrected chi connectivity index (χ3v) is 3.32. The smallest absolute Gasteiger partial charge is 0.125 e. The number of hydrogen-bond acceptors (Lipinski definition) is 3. The Bertz CT molecular complexity index is 389. The SMILES string of the molecule is COCC(C)C1C[C@@H](O)c2cc(C)ccc2O1. The number of methoxy groups -OCH3 is 1. The van der Waals surface area contributed by atoms with E-state index in [1.54, 1.807) is 7.11 Å². The molecule has 1 aromatic carbocycles. The first-order valence-electron chi connectivity index (χ1n) is 6.06. The van der Waals surface area contributed by atoms with Crippen LogP contribution in [0.25, 0.3) is 0 Å². The van der Waals surface area contributed by atoms with Crippen LogP contribution >= 0.6 is 0 Å². The van der Waals surface area contributed by atoms with E-state index in [-0.39, 0.29) is 12.0 Å². The largest absolute Gasteiger partial charge is 0.490 e. The van der Waals surface area contributed by atoms with Crippen molar-refractivity contribution in [2.75, 3.05) is 13.7 Å². The number of hydrogen-bond donors (Lipinski definition) is 1. The summed E-state index contributed by atoms with van der Waals surface area (Å²) in [5, 5.41) is 10.2. The van der Waals surface area contributed by atoms with Crippen molar-refractivity contribution in [2.24, 2.45) is 5.92 Å². The van der Waals surface area contributed by atoms with E-state index in [1.165, 1.54) is 0 Å². The first-order valence-corrected chi connectivity index (χ1v) is 6.06. The van der Waals surface area contributed by atoms with E-state index in [0.717, 1.165) is 16.9 Å². The van der Waals surface area contributed by atoms with Gasteiger partial charge in [-0.1, -0.05) is 18.6 Å². The van der Waals surface area contributed by atoms with Crippen LogP contribution in [-0.4, -0.2) is 24.9 Å². The van der Waals surface area contributed by atoms with Crippen molar-refractivity contribution >= 4 is 0 Å². The number of aliphatic hydroxyl groups is 1.